The van der Waals surface area contributed by atoms with Crippen molar-refractivity contribution in [1.82, 2.24) is 10.0 Å². The van der Waals surface area contributed by atoms with Crippen molar-refractivity contribution in [3.8, 4) is 0 Å². The number of hydrogen-bond acceptors (Lipinski definition) is 4. The summed E-state index contributed by atoms with van der Waals surface area (Å²) >= 11 is 0. The van der Waals surface area contributed by atoms with Gasteiger partial charge in [0.25, 0.3) is 5.91 Å². The SMILES string of the molecule is CCNS(=O)(=O)c1ccc(C(=O)NC2C3CCCC2CC(N)C3)cc1.Cl. The van der Waals surface area contributed by atoms with Gasteiger partial charge in [0.1, 0.15) is 0 Å². The molecule has 2 bridgehead atoms. The summed E-state index contributed by atoms with van der Waals surface area (Å²) in [5.41, 5.74) is 6.62. The van der Waals surface area contributed by atoms with Crippen LogP contribution in [0.25, 0.3) is 0 Å². The van der Waals surface area contributed by atoms with Crippen LogP contribution in [-0.2, 0) is 10.0 Å². The topological polar surface area (TPSA) is 101 Å². The van der Waals surface area contributed by atoms with Crippen LogP contribution in [0.5, 0.6) is 0 Å². The summed E-state index contributed by atoms with van der Waals surface area (Å²) in [6, 6.07) is 6.54. The van der Waals surface area contributed by atoms with E-state index in [0.717, 1.165) is 25.7 Å². The summed E-state index contributed by atoms with van der Waals surface area (Å²) in [4.78, 5) is 12.8. The van der Waals surface area contributed by atoms with Crippen LogP contribution in [0, 0.1) is 11.8 Å². The van der Waals surface area contributed by atoms with Crippen LogP contribution in [0.2, 0.25) is 0 Å². The smallest absolute Gasteiger partial charge is 0.251 e. The van der Waals surface area contributed by atoms with Crippen molar-refractivity contribution in [2.45, 2.75) is 56.0 Å². The van der Waals surface area contributed by atoms with Crippen LogP contribution in [-0.4, -0.2) is 33.0 Å². The number of carbonyl (C=O) groups excluding carboxylic acids is 1. The third-order valence-electron chi connectivity index (χ3n) is 5.44. The number of benzene rings is 1. The molecule has 146 valence electrons. The second-order valence-electron chi connectivity index (χ2n) is 7.21. The molecule has 4 N–H and O–H groups in total. The van der Waals surface area contributed by atoms with E-state index in [1.165, 1.54) is 18.6 Å². The predicted molar refractivity (Wildman–Crippen MR) is 104 cm³/mol. The second-order valence-corrected chi connectivity index (χ2v) is 8.97. The van der Waals surface area contributed by atoms with E-state index in [4.69, 9.17) is 5.73 Å². The molecule has 0 heterocycles. The molecule has 1 aromatic rings. The van der Waals surface area contributed by atoms with E-state index in [2.05, 4.69) is 10.0 Å². The maximum absolute atomic E-state index is 12.6. The number of halogens is 1. The molecule has 0 spiro atoms. The van der Waals surface area contributed by atoms with E-state index < -0.39 is 10.0 Å². The molecule has 26 heavy (non-hydrogen) atoms. The Morgan fingerprint density at radius 3 is 2.27 bits per heavy atom. The molecule has 1 amide bonds. The number of sulfonamides is 1. The third kappa shape index (κ3) is 4.57. The van der Waals surface area contributed by atoms with Gasteiger partial charge in [-0.3, -0.25) is 4.79 Å². The summed E-state index contributed by atoms with van der Waals surface area (Å²) in [7, 11) is -3.49. The van der Waals surface area contributed by atoms with Gasteiger partial charge in [-0.25, -0.2) is 13.1 Å². The lowest BCUT2D eigenvalue weighted by molar-refractivity contribution is 0.0756. The highest BCUT2D eigenvalue weighted by Gasteiger charge is 2.39. The maximum atomic E-state index is 12.6. The molecule has 0 saturated heterocycles. The van der Waals surface area contributed by atoms with Gasteiger partial charge in [0.2, 0.25) is 10.0 Å². The van der Waals surface area contributed by atoms with Gasteiger partial charge in [-0.05, 0) is 61.8 Å². The first kappa shape index (κ1) is 21.2. The predicted octanol–water partition coefficient (Wildman–Crippen LogP) is 2.04. The fourth-order valence-electron chi connectivity index (χ4n) is 4.32. The van der Waals surface area contributed by atoms with Crippen LogP contribution < -0.4 is 15.8 Å². The van der Waals surface area contributed by atoms with E-state index in [9.17, 15) is 13.2 Å². The first-order valence-electron chi connectivity index (χ1n) is 9.07. The molecule has 2 unspecified atom stereocenters. The van der Waals surface area contributed by atoms with Crippen molar-refractivity contribution in [3.05, 3.63) is 29.8 Å². The fraction of sp³-hybridized carbons (Fsp3) is 0.611. The number of carbonyl (C=O) groups is 1. The monoisotopic (exact) mass is 401 g/mol. The van der Waals surface area contributed by atoms with E-state index in [-0.39, 0.29) is 35.3 Å². The van der Waals surface area contributed by atoms with Crippen LogP contribution in [0.4, 0.5) is 0 Å². The minimum atomic E-state index is -3.49. The second kappa shape index (κ2) is 8.69. The zero-order valence-corrected chi connectivity index (χ0v) is 16.6. The van der Waals surface area contributed by atoms with E-state index in [1.54, 1.807) is 19.1 Å². The van der Waals surface area contributed by atoms with Crippen LogP contribution in [0.15, 0.2) is 29.2 Å². The van der Waals surface area contributed by atoms with Gasteiger partial charge in [0.15, 0.2) is 0 Å². The van der Waals surface area contributed by atoms with Crippen LogP contribution in [0.1, 0.15) is 49.4 Å². The quantitative estimate of drug-likeness (QED) is 0.702. The molecule has 2 fully saturated rings. The number of hydrogen-bond donors (Lipinski definition) is 3. The number of nitrogens with two attached hydrogens (primary N) is 1. The highest BCUT2D eigenvalue weighted by Crippen LogP contribution is 2.39. The van der Waals surface area contributed by atoms with Crippen molar-refractivity contribution in [3.63, 3.8) is 0 Å². The largest absolute Gasteiger partial charge is 0.349 e. The lowest BCUT2D eigenvalue weighted by atomic mass is 9.67. The Hall–Kier alpha value is -1.15. The number of amides is 1. The Balaban J connectivity index is 0.00000243. The molecule has 2 aliphatic carbocycles. The summed E-state index contributed by atoms with van der Waals surface area (Å²) in [6.07, 6.45) is 5.40. The maximum Gasteiger partial charge on any atom is 0.251 e. The van der Waals surface area contributed by atoms with Gasteiger partial charge in [0, 0.05) is 24.2 Å². The lowest BCUT2D eigenvalue weighted by Crippen LogP contribution is -2.53. The number of rotatable bonds is 5. The molecule has 2 saturated carbocycles. The standard InChI is InChI=1S/C18H27N3O3S.ClH/c1-2-20-25(23,24)16-8-6-12(7-9-16)18(22)21-17-13-4-3-5-14(17)11-15(19)10-13;/h6-9,13-15,17,20H,2-5,10-11,19H2,1H3,(H,21,22);1H. The van der Waals surface area contributed by atoms with Gasteiger partial charge in [-0.2, -0.15) is 0 Å². The Kier molecular flexibility index (Phi) is 7.07. The lowest BCUT2D eigenvalue weighted by Gasteiger charge is -2.45. The highest BCUT2D eigenvalue weighted by molar-refractivity contribution is 7.89. The number of nitrogens with one attached hydrogen (secondary N) is 2. The fourth-order valence-corrected chi connectivity index (χ4v) is 5.36. The van der Waals surface area contributed by atoms with Gasteiger partial charge in [-0.15, -0.1) is 12.4 Å². The number of fused-ring (bicyclic) bond motifs is 2. The molecule has 8 heteroatoms. The Bertz CT molecular complexity index is 710. The minimum Gasteiger partial charge on any atom is -0.349 e. The van der Waals surface area contributed by atoms with Gasteiger partial charge in [0.05, 0.1) is 4.90 Å². The third-order valence-corrected chi connectivity index (χ3v) is 7.00. The van der Waals surface area contributed by atoms with Crippen molar-refractivity contribution < 1.29 is 13.2 Å². The molecule has 2 aliphatic rings. The van der Waals surface area contributed by atoms with Crippen LogP contribution >= 0.6 is 12.4 Å². The van der Waals surface area contributed by atoms with E-state index in [1.807, 2.05) is 0 Å². The molecule has 3 rings (SSSR count). The summed E-state index contributed by atoms with van der Waals surface area (Å²) in [5.74, 6) is 0.782. The van der Waals surface area contributed by atoms with Crippen molar-refractivity contribution in [2.75, 3.05) is 6.54 Å². The van der Waals surface area contributed by atoms with Crippen LogP contribution in [0.3, 0.4) is 0 Å². The molecular weight excluding hydrogens is 374 g/mol. The zero-order valence-electron chi connectivity index (χ0n) is 15.0. The molecule has 0 aromatic heterocycles. The van der Waals surface area contributed by atoms with Crippen molar-refractivity contribution in [2.24, 2.45) is 17.6 Å². The normalized spacial score (nSPS) is 28.1. The first-order valence-corrected chi connectivity index (χ1v) is 10.5. The van der Waals surface area contributed by atoms with Crippen molar-refractivity contribution >= 4 is 28.3 Å². The summed E-state index contributed by atoms with van der Waals surface area (Å²) in [5, 5.41) is 3.18. The molecule has 0 aliphatic heterocycles. The molecule has 1 aromatic carbocycles. The highest BCUT2D eigenvalue weighted by atomic mass is 35.5. The summed E-state index contributed by atoms with van der Waals surface area (Å²) < 4.78 is 26.4. The Morgan fingerprint density at radius 1 is 1.15 bits per heavy atom. The molecule has 2 atom stereocenters. The summed E-state index contributed by atoms with van der Waals surface area (Å²) in [6.45, 7) is 2.06. The average Bonchev–Trinajstić information content (AvgIpc) is 2.56. The first-order chi connectivity index (χ1) is 11.9. The molecule has 0 radical (unpaired) electrons. The van der Waals surface area contributed by atoms with Gasteiger partial charge < -0.3 is 11.1 Å². The van der Waals surface area contributed by atoms with Crippen molar-refractivity contribution in [1.29, 1.82) is 0 Å². The van der Waals surface area contributed by atoms with E-state index >= 15 is 0 Å². The minimum absolute atomic E-state index is 0. The zero-order chi connectivity index (χ0) is 18.0. The Labute approximate surface area is 161 Å². The average molecular weight is 402 g/mol. The van der Waals surface area contributed by atoms with E-state index in [0.29, 0.717) is 23.9 Å². The van der Waals surface area contributed by atoms with Gasteiger partial charge in [-0.1, -0.05) is 13.3 Å². The Morgan fingerprint density at radius 2 is 1.73 bits per heavy atom. The van der Waals surface area contributed by atoms with Gasteiger partial charge >= 0.3 is 0 Å². The molecule has 6 nitrogen and oxygen atoms in total. The molecular formula is C18H28ClN3O3S.